The van der Waals surface area contributed by atoms with Gasteiger partial charge in [0.25, 0.3) is 11.8 Å². The van der Waals surface area contributed by atoms with Gasteiger partial charge in [0.2, 0.25) is 6.17 Å². The number of aliphatic imine (C=N–C) groups is 1. The molecule has 0 spiro atoms. The number of amides is 2. The second-order valence-electron chi connectivity index (χ2n) is 8.53. The van der Waals surface area contributed by atoms with E-state index in [0.717, 1.165) is 11.1 Å². The molecule has 2 aliphatic heterocycles. The highest BCUT2D eigenvalue weighted by atomic mass is 35.5. The van der Waals surface area contributed by atoms with Crippen LogP contribution >= 0.6 is 11.6 Å². The van der Waals surface area contributed by atoms with E-state index in [1.807, 2.05) is 53.4 Å². The molecule has 2 amide bonds. The van der Waals surface area contributed by atoms with E-state index >= 15 is 0 Å². The maximum absolute atomic E-state index is 13.5. The fourth-order valence-corrected chi connectivity index (χ4v) is 5.79. The first kappa shape index (κ1) is 24.0. The second-order valence-corrected chi connectivity index (χ2v) is 11.2. The smallest absolute Gasteiger partial charge is 0.269 e. The largest absolute Gasteiger partial charge is 0.369 e. The summed E-state index contributed by atoms with van der Waals surface area (Å²) in [5.74, 6) is -1.07. The van der Waals surface area contributed by atoms with E-state index in [-0.39, 0.29) is 35.2 Å². The number of sulfone groups is 1. The number of halogens is 1. The third-order valence-electron chi connectivity index (χ3n) is 6.17. The molecule has 2 N–H and O–H groups in total. The number of carbonyl (C=O) groups excluding carboxylic acids is 2. The molecule has 36 heavy (non-hydrogen) atoms. The van der Waals surface area contributed by atoms with Gasteiger partial charge < -0.3 is 15.5 Å². The van der Waals surface area contributed by atoms with Gasteiger partial charge in [0.1, 0.15) is 0 Å². The molecular weight excluding hydrogens is 500 g/mol. The number of nitrogens with one attached hydrogen (secondary N) is 2. The second kappa shape index (κ2) is 9.75. The Bertz CT molecular complexity index is 1460. The maximum Gasteiger partial charge on any atom is 0.269 e. The molecule has 8 nitrogen and oxygen atoms in total. The number of carbonyl (C=O) groups is 2. The summed E-state index contributed by atoms with van der Waals surface area (Å²) in [7, 11) is -3.11. The van der Waals surface area contributed by atoms with E-state index in [1.165, 1.54) is 0 Å². The van der Waals surface area contributed by atoms with Crippen molar-refractivity contribution in [3.63, 3.8) is 0 Å². The number of fused-ring (bicyclic) bond motifs is 1. The highest BCUT2D eigenvalue weighted by Crippen LogP contribution is 2.29. The Morgan fingerprint density at radius 3 is 2.42 bits per heavy atom. The van der Waals surface area contributed by atoms with Crippen LogP contribution in [0, 0.1) is 0 Å². The molecule has 0 aliphatic carbocycles. The molecule has 2 heterocycles. The van der Waals surface area contributed by atoms with Crippen molar-refractivity contribution in [1.82, 2.24) is 5.32 Å². The number of benzene rings is 3. The van der Waals surface area contributed by atoms with Crippen molar-refractivity contribution in [2.24, 2.45) is 4.99 Å². The Balaban J connectivity index is 1.50. The molecule has 0 saturated carbocycles. The quantitative estimate of drug-likeness (QED) is 0.547. The topological polar surface area (TPSA) is 108 Å². The minimum absolute atomic E-state index is 0.00537. The van der Waals surface area contributed by atoms with Gasteiger partial charge in [-0.15, -0.1) is 0 Å². The van der Waals surface area contributed by atoms with Gasteiger partial charge in [-0.25, -0.2) is 13.4 Å². The van der Waals surface area contributed by atoms with Gasteiger partial charge in [-0.05, 0) is 18.2 Å². The van der Waals surface area contributed by atoms with E-state index in [4.69, 9.17) is 11.6 Å². The van der Waals surface area contributed by atoms with Crippen LogP contribution in [0.4, 0.5) is 11.4 Å². The number of para-hydroxylation sites is 1. The van der Waals surface area contributed by atoms with Crippen molar-refractivity contribution in [3.8, 4) is 0 Å². The van der Waals surface area contributed by atoms with Gasteiger partial charge in [0, 0.05) is 24.2 Å². The number of anilines is 2. The van der Waals surface area contributed by atoms with Gasteiger partial charge in [0.05, 0.1) is 39.2 Å². The maximum atomic E-state index is 13.5. The molecule has 0 aromatic heterocycles. The first-order chi connectivity index (χ1) is 17.3. The summed E-state index contributed by atoms with van der Waals surface area (Å²) in [6, 6.07) is 21.8. The van der Waals surface area contributed by atoms with Crippen molar-refractivity contribution in [3.05, 3.63) is 94.5 Å². The number of nitrogens with zero attached hydrogens (tertiary/aromatic N) is 2. The van der Waals surface area contributed by atoms with Crippen LogP contribution in [0.25, 0.3) is 0 Å². The lowest BCUT2D eigenvalue weighted by Gasteiger charge is -2.30. The van der Waals surface area contributed by atoms with Crippen molar-refractivity contribution >= 4 is 50.3 Å². The zero-order valence-corrected chi connectivity index (χ0v) is 20.7. The van der Waals surface area contributed by atoms with Gasteiger partial charge in [0.15, 0.2) is 9.84 Å². The third kappa shape index (κ3) is 4.84. The molecule has 0 radical (unpaired) electrons. The summed E-state index contributed by atoms with van der Waals surface area (Å²) >= 11 is 6.44. The highest BCUT2D eigenvalue weighted by molar-refractivity contribution is 7.91. The van der Waals surface area contributed by atoms with Gasteiger partial charge >= 0.3 is 0 Å². The summed E-state index contributed by atoms with van der Waals surface area (Å²) in [4.78, 5) is 33.1. The molecule has 1 fully saturated rings. The Kier molecular flexibility index (Phi) is 6.51. The predicted octanol–water partition coefficient (Wildman–Crippen LogP) is 3.12. The minimum Gasteiger partial charge on any atom is -0.369 e. The lowest BCUT2D eigenvalue weighted by atomic mass is 10.0. The van der Waals surface area contributed by atoms with E-state index < -0.39 is 27.8 Å². The summed E-state index contributed by atoms with van der Waals surface area (Å²) in [5.41, 5.74) is 3.38. The van der Waals surface area contributed by atoms with Crippen molar-refractivity contribution in [2.75, 3.05) is 34.8 Å². The number of benzodiazepines with no additional fused rings is 1. The zero-order valence-electron chi connectivity index (χ0n) is 19.1. The van der Waals surface area contributed by atoms with E-state index in [0.29, 0.717) is 17.1 Å². The molecule has 3 aromatic rings. The monoisotopic (exact) mass is 522 g/mol. The molecule has 1 atom stereocenters. The number of hydrogen-bond donors (Lipinski definition) is 2. The van der Waals surface area contributed by atoms with E-state index in [1.54, 1.807) is 24.3 Å². The SMILES string of the molecule is O=C(NC1N=C(c2ccccc2)c2ccccc2NC1=O)c1c(Cl)cccc1N1CCS(=O)(=O)CC1. The molecule has 1 saturated heterocycles. The van der Waals surface area contributed by atoms with Crippen molar-refractivity contribution in [2.45, 2.75) is 6.17 Å². The summed E-state index contributed by atoms with van der Waals surface area (Å²) < 4.78 is 23.8. The molecule has 0 bridgehead atoms. The van der Waals surface area contributed by atoms with Crippen LogP contribution in [0.5, 0.6) is 0 Å². The first-order valence-electron chi connectivity index (χ1n) is 11.4. The van der Waals surface area contributed by atoms with Crippen molar-refractivity contribution < 1.29 is 18.0 Å². The number of rotatable bonds is 4. The molecule has 2 aliphatic rings. The standard InChI is InChI=1S/C26H23ClN4O4S/c27-19-10-6-12-21(31-13-15-36(34,35)16-14-31)22(19)25(32)30-24-26(33)28-20-11-5-4-9-18(20)23(29-24)17-7-2-1-3-8-17/h1-12,24H,13-16H2,(H,28,33)(H,30,32). The summed E-state index contributed by atoms with van der Waals surface area (Å²) in [6.45, 7) is 0.497. The minimum atomic E-state index is -3.11. The first-order valence-corrected chi connectivity index (χ1v) is 13.6. The zero-order chi connectivity index (χ0) is 25.3. The van der Waals surface area contributed by atoms with Crippen LogP contribution in [-0.2, 0) is 14.6 Å². The molecule has 5 rings (SSSR count). The van der Waals surface area contributed by atoms with Crippen LogP contribution in [0.1, 0.15) is 21.5 Å². The van der Waals surface area contributed by atoms with Crippen LogP contribution in [0.2, 0.25) is 5.02 Å². The lowest BCUT2D eigenvalue weighted by molar-refractivity contribution is -0.117. The van der Waals surface area contributed by atoms with Gasteiger partial charge in [-0.3, -0.25) is 9.59 Å². The molecule has 184 valence electrons. The van der Waals surface area contributed by atoms with Crippen LogP contribution in [0.15, 0.2) is 77.8 Å². The average Bonchev–Trinajstić information content (AvgIpc) is 3.00. The Morgan fingerprint density at radius 2 is 1.67 bits per heavy atom. The molecular formula is C26H23ClN4O4S. The predicted molar refractivity (Wildman–Crippen MR) is 141 cm³/mol. The average molecular weight is 523 g/mol. The third-order valence-corrected chi connectivity index (χ3v) is 8.09. The fraction of sp³-hybridized carbons (Fsp3) is 0.192. The van der Waals surface area contributed by atoms with E-state index in [9.17, 15) is 18.0 Å². The highest BCUT2D eigenvalue weighted by Gasteiger charge is 2.30. The summed E-state index contributed by atoms with van der Waals surface area (Å²) in [5, 5.41) is 5.78. The molecule has 1 unspecified atom stereocenters. The van der Waals surface area contributed by atoms with Crippen LogP contribution < -0.4 is 15.5 Å². The Morgan fingerprint density at radius 1 is 0.972 bits per heavy atom. The fourth-order valence-electron chi connectivity index (χ4n) is 4.33. The van der Waals surface area contributed by atoms with E-state index in [2.05, 4.69) is 15.6 Å². The molecule has 10 heteroatoms. The molecule has 3 aromatic carbocycles. The van der Waals surface area contributed by atoms with Crippen LogP contribution in [0.3, 0.4) is 0 Å². The Labute approximate surface area is 213 Å². The van der Waals surface area contributed by atoms with Gasteiger partial charge in [-0.2, -0.15) is 0 Å². The van der Waals surface area contributed by atoms with Gasteiger partial charge in [-0.1, -0.05) is 66.2 Å². The van der Waals surface area contributed by atoms with Crippen LogP contribution in [-0.4, -0.2) is 56.7 Å². The summed E-state index contributed by atoms with van der Waals surface area (Å²) in [6.07, 6.45) is -1.22. The lowest BCUT2D eigenvalue weighted by Crippen LogP contribution is -2.44. The number of hydrogen-bond acceptors (Lipinski definition) is 6. The Hall–Kier alpha value is -3.69. The van der Waals surface area contributed by atoms with Crippen molar-refractivity contribution in [1.29, 1.82) is 0 Å². The normalized spacial score (nSPS) is 18.9.